The molecule has 1 aromatic carbocycles. The first-order chi connectivity index (χ1) is 10.3. The molecule has 1 aromatic rings. The van der Waals surface area contributed by atoms with Crippen molar-refractivity contribution in [1.82, 2.24) is 10.2 Å². The van der Waals surface area contributed by atoms with Crippen LogP contribution in [0, 0.1) is 5.92 Å². The maximum absolute atomic E-state index is 5.62. The van der Waals surface area contributed by atoms with Crippen molar-refractivity contribution < 1.29 is 9.47 Å². The number of halogens is 2. The number of hydrogen-bond acceptors (Lipinski definition) is 4. The van der Waals surface area contributed by atoms with Crippen LogP contribution in [0.3, 0.4) is 0 Å². The van der Waals surface area contributed by atoms with Crippen LogP contribution in [0.1, 0.15) is 30.9 Å². The maximum Gasteiger partial charge on any atom is 0.123 e. The minimum absolute atomic E-state index is 0. The van der Waals surface area contributed by atoms with Crippen molar-refractivity contribution in [3.63, 3.8) is 0 Å². The van der Waals surface area contributed by atoms with Crippen molar-refractivity contribution >= 4 is 24.8 Å². The summed E-state index contributed by atoms with van der Waals surface area (Å²) in [7, 11) is 3.49. The SMILES string of the molecule is COc1ccc(OC)c([C@@H](CC2CC2)N2CCNCC2)c1.Cl.Cl. The highest BCUT2D eigenvalue weighted by atomic mass is 35.5. The number of benzene rings is 1. The summed E-state index contributed by atoms with van der Waals surface area (Å²) in [5.41, 5.74) is 1.28. The molecule has 0 aromatic heterocycles. The summed E-state index contributed by atoms with van der Waals surface area (Å²) in [5.74, 6) is 2.79. The Balaban J connectivity index is 0.00000132. The molecule has 0 spiro atoms. The molecule has 0 amide bonds. The van der Waals surface area contributed by atoms with Crippen LogP contribution in [-0.4, -0.2) is 45.3 Å². The minimum Gasteiger partial charge on any atom is -0.497 e. The molecule has 0 unspecified atom stereocenters. The average Bonchev–Trinajstić information content (AvgIpc) is 3.37. The lowest BCUT2D eigenvalue weighted by atomic mass is 9.97. The topological polar surface area (TPSA) is 33.7 Å². The number of nitrogens with one attached hydrogen (secondary N) is 1. The van der Waals surface area contributed by atoms with Crippen LogP contribution in [0.15, 0.2) is 18.2 Å². The van der Waals surface area contributed by atoms with E-state index in [-0.39, 0.29) is 24.8 Å². The molecule has 1 N–H and O–H groups in total. The Kier molecular flexibility index (Phi) is 8.48. The monoisotopic (exact) mass is 362 g/mol. The van der Waals surface area contributed by atoms with Crippen molar-refractivity contribution in [3.8, 4) is 11.5 Å². The lowest BCUT2D eigenvalue weighted by Gasteiger charge is -2.36. The van der Waals surface area contributed by atoms with Crippen LogP contribution in [0.25, 0.3) is 0 Å². The molecule has 1 saturated heterocycles. The molecule has 23 heavy (non-hydrogen) atoms. The normalized spacial score (nSPS) is 19.2. The van der Waals surface area contributed by atoms with E-state index in [2.05, 4.69) is 16.3 Å². The van der Waals surface area contributed by atoms with Crippen molar-refractivity contribution in [1.29, 1.82) is 0 Å². The lowest BCUT2D eigenvalue weighted by molar-refractivity contribution is 0.157. The van der Waals surface area contributed by atoms with E-state index in [0.717, 1.165) is 43.6 Å². The Hall–Kier alpha value is -0.680. The van der Waals surface area contributed by atoms with Gasteiger partial charge in [0.05, 0.1) is 14.2 Å². The smallest absolute Gasteiger partial charge is 0.123 e. The van der Waals surface area contributed by atoms with Gasteiger partial charge in [-0.2, -0.15) is 0 Å². The molecule has 1 atom stereocenters. The zero-order chi connectivity index (χ0) is 14.7. The molecule has 1 aliphatic heterocycles. The molecule has 2 aliphatic rings. The first kappa shape index (κ1) is 20.4. The molecule has 3 rings (SSSR count). The summed E-state index contributed by atoms with van der Waals surface area (Å²) in [6.07, 6.45) is 4.01. The predicted octanol–water partition coefficient (Wildman–Crippen LogP) is 3.29. The molecule has 2 fully saturated rings. The second kappa shape index (κ2) is 9.58. The summed E-state index contributed by atoms with van der Waals surface area (Å²) < 4.78 is 11.0. The van der Waals surface area contributed by atoms with E-state index in [9.17, 15) is 0 Å². The van der Waals surface area contributed by atoms with Gasteiger partial charge in [-0.25, -0.2) is 0 Å². The van der Waals surface area contributed by atoms with Gasteiger partial charge in [0.15, 0.2) is 0 Å². The zero-order valence-electron chi connectivity index (χ0n) is 13.9. The van der Waals surface area contributed by atoms with Gasteiger partial charge in [-0.05, 0) is 30.5 Å². The highest BCUT2D eigenvalue weighted by Crippen LogP contribution is 2.43. The largest absolute Gasteiger partial charge is 0.497 e. The predicted molar refractivity (Wildman–Crippen MR) is 98.6 cm³/mol. The first-order valence-corrected chi connectivity index (χ1v) is 7.98. The molecular weight excluding hydrogens is 335 g/mol. The lowest BCUT2D eigenvalue weighted by Crippen LogP contribution is -2.45. The van der Waals surface area contributed by atoms with Gasteiger partial charge >= 0.3 is 0 Å². The number of piperazine rings is 1. The minimum atomic E-state index is 0. The van der Waals surface area contributed by atoms with E-state index < -0.39 is 0 Å². The number of nitrogens with zero attached hydrogens (tertiary/aromatic N) is 1. The molecule has 1 saturated carbocycles. The van der Waals surface area contributed by atoms with Crippen LogP contribution in [0.4, 0.5) is 0 Å². The third-order valence-electron chi connectivity index (χ3n) is 4.64. The fourth-order valence-electron chi connectivity index (χ4n) is 3.24. The Labute approximate surface area is 151 Å². The molecule has 1 aliphatic carbocycles. The van der Waals surface area contributed by atoms with Gasteiger partial charge in [-0.15, -0.1) is 24.8 Å². The van der Waals surface area contributed by atoms with Crippen molar-refractivity contribution in [2.24, 2.45) is 5.92 Å². The number of methoxy groups -OCH3 is 2. The maximum atomic E-state index is 5.62. The summed E-state index contributed by atoms with van der Waals surface area (Å²) in [6.45, 7) is 4.37. The Morgan fingerprint density at radius 3 is 2.39 bits per heavy atom. The molecular formula is C17H28Cl2N2O2. The third-order valence-corrected chi connectivity index (χ3v) is 4.64. The Morgan fingerprint density at radius 2 is 1.83 bits per heavy atom. The second-order valence-corrected chi connectivity index (χ2v) is 6.09. The molecule has 132 valence electrons. The van der Waals surface area contributed by atoms with Gasteiger partial charge in [0, 0.05) is 37.8 Å². The standard InChI is InChI=1S/C17H26N2O2.2ClH/c1-20-14-5-6-17(21-2)15(12-14)16(11-13-3-4-13)19-9-7-18-8-10-19;;/h5-6,12-13,16,18H,3-4,7-11H2,1-2H3;2*1H/t16-;;/m1../s1. The summed E-state index contributed by atoms with van der Waals surface area (Å²) in [5, 5.41) is 3.44. The Morgan fingerprint density at radius 1 is 1.13 bits per heavy atom. The molecule has 6 heteroatoms. The number of ether oxygens (including phenoxy) is 2. The van der Waals surface area contributed by atoms with E-state index in [1.54, 1.807) is 14.2 Å². The van der Waals surface area contributed by atoms with Crippen LogP contribution < -0.4 is 14.8 Å². The van der Waals surface area contributed by atoms with Crippen molar-refractivity contribution in [2.45, 2.75) is 25.3 Å². The summed E-state index contributed by atoms with van der Waals surface area (Å²) >= 11 is 0. The fraction of sp³-hybridized carbons (Fsp3) is 0.647. The molecule has 0 bridgehead atoms. The van der Waals surface area contributed by atoms with E-state index in [4.69, 9.17) is 9.47 Å². The van der Waals surface area contributed by atoms with Crippen molar-refractivity contribution in [3.05, 3.63) is 23.8 Å². The summed E-state index contributed by atoms with van der Waals surface area (Å²) in [6, 6.07) is 6.63. The molecule has 1 heterocycles. The summed E-state index contributed by atoms with van der Waals surface area (Å²) in [4.78, 5) is 2.60. The Bertz CT molecular complexity index is 478. The van der Waals surface area contributed by atoms with Gasteiger partial charge in [0.1, 0.15) is 11.5 Å². The van der Waals surface area contributed by atoms with Gasteiger partial charge in [-0.1, -0.05) is 12.8 Å². The van der Waals surface area contributed by atoms with Crippen LogP contribution >= 0.6 is 24.8 Å². The van der Waals surface area contributed by atoms with Gasteiger partial charge in [0.25, 0.3) is 0 Å². The number of rotatable bonds is 6. The van der Waals surface area contributed by atoms with Gasteiger partial charge in [0.2, 0.25) is 0 Å². The average molecular weight is 363 g/mol. The van der Waals surface area contributed by atoms with Crippen LogP contribution in [-0.2, 0) is 0 Å². The van der Waals surface area contributed by atoms with E-state index in [0.29, 0.717) is 6.04 Å². The zero-order valence-corrected chi connectivity index (χ0v) is 15.5. The molecule has 0 radical (unpaired) electrons. The number of hydrogen-bond donors (Lipinski definition) is 1. The van der Waals surface area contributed by atoms with Crippen LogP contribution in [0.2, 0.25) is 0 Å². The van der Waals surface area contributed by atoms with Gasteiger partial charge in [-0.3, -0.25) is 4.90 Å². The third kappa shape index (κ3) is 5.15. The van der Waals surface area contributed by atoms with E-state index in [1.807, 2.05) is 12.1 Å². The molecule has 4 nitrogen and oxygen atoms in total. The van der Waals surface area contributed by atoms with E-state index >= 15 is 0 Å². The van der Waals surface area contributed by atoms with Gasteiger partial charge < -0.3 is 14.8 Å². The fourth-order valence-corrected chi connectivity index (χ4v) is 3.24. The highest BCUT2D eigenvalue weighted by Gasteiger charge is 2.32. The van der Waals surface area contributed by atoms with Crippen LogP contribution in [0.5, 0.6) is 11.5 Å². The first-order valence-electron chi connectivity index (χ1n) is 7.98. The van der Waals surface area contributed by atoms with E-state index in [1.165, 1.54) is 24.8 Å². The van der Waals surface area contributed by atoms with Crippen molar-refractivity contribution in [2.75, 3.05) is 40.4 Å². The second-order valence-electron chi connectivity index (χ2n) is 6.09. The highest BCUT2D eigenvalue weighted by molar-refractivity contribution is 5.85. The quantitative estimate of drug-likeness (QED) is 0.841.